The predicted octanol–water partition coefficient (Wildman–Crippen LogP) is 39.0. The highest BCUT2D eigenvalue weighted by atomic mass is 14.2. The molecule has 0 saturated carbocycles. The molecule has 0 aromatic carbocycles. The van der Waals surface area contributed by atoms with Crippen LogP contribution in [-0.4, -0.2) is 0 Å². The molecule has 115 heavy (non-hydrogen) atoms. The number of allylic oxidation sites excluding steroid dienone is 32. The maximum Gasteiger partial charge on any atom is -0.00996 e. The first kappa shape index (κ1) is 109. The fourth-order valence-corrected chi connectivity index (χ4v) is 16.5. The van der Waals surface area contributed by atoms with Gasteiger partial charge in [0.05, 0.1) is 0 Å². The largest absolute Gasteiger partial charge is 0.0802 e. The fourth-order valence-electron chi connectivity index (χ4n) is 16.5. The van der Waals surface area contributed by atoms with Crippen LogP contribution in [0.25, 0.3) is 0 Å². The van der Waals surface area contributed by atoms with Crippen LogP contribution in [0.5, 0.6) is 0 Å². The summed E-state index contributed by atoms with van der Waals surface area (Å²) >= 11 is 0. The van der Waals surface area contributed by atoms with Crippen molar-refractivity contribution in [1.82, 2.24) is 0 Å². The third-order valence-electron chi connectivity index (χ3n) is 23.9. The van der Waals surface area contributed by atoms with Crippen molar-refractivity contribution in [3.8, 4) is 0 Å². The lowest BCUT2D eigenvalue weighted by atomic mass is 9.93. The Hall–Kier alpha value is -4.16. The molecule has 0 nitrogen and oxygen atoms in total. The standard InChI is InChI=1S/3C15H26.5C14H24/c3*1-12(2)8-5-6-9-14-10-7-11-15(14)13(3)4;2*1-11(2)5-6-13-7-8-14(10-13)9-12(3)4;3*1-11(2)6-5-7-13-8-9-14(10-13)12(3)4/h10-13H,5-9H2,1-4H3;7,11-13H,5-6,8-10H2,1-4H3;7,10,12-13H,5-6,8-9,11H2,1-4H3;7,10-12H,5-6,8-9H2,1-4H3;7-8,11-12H,5-6,9-10H2,1-4H3;9-12H,5-8H2,1-4H3;8,10-12H,5-7,9H2,1-4H3;8-9,11-12H,5-7,10H2,1-4H3. The van der Waals surface area contributed by atoms with Crippen molar-refractivity contribution >= 4 is 0 Å². The molecule has 0 atom stereocenters. The fraction of sp³-hybridized carbons (Fsp3) is 0.722. The molecule has 0 amide bonds. The van der Waals surface area contributed by atoms with E-state index in [0.29, 0.717) is 17.8 Å². The summed E-state index contributed by atoms with van der Waals surface area (Å²) in [6.07, 6.45) is 84.0. The second-order valence-corrected chi connectivity index (χ2v) is 42.5. The van der Waals surface area contributed by atoms with E-state index < -0.39 is 0 Å². The van der Waals surface area contributed by atoms with Gasteiger partial charge in [-0.25, -0.2) is 0 Å². The van der Waals surface area contributed by atoms with Gasteiger partial charge in [-0.2, -0.15) is 0 Å². The molecule has 0 bridgehead atoms. The van der Waals surface area contributed by atoms with Crippen LogP contribution in [0.1, 0.15) is 446 Å². The van der Waals surface area contributed by atoms with Crippen molar-refractivity contribution in [1.29, 1.82) is 0 Å². The zero-order valence-electron chi connectivity index (χ0n) is 83.2. The van der Waals surface area contributed by atoms with Crippen molar-refractivity contribution in [2.75, 3.05) is 0 Å². The van der Waals surface area contributed by atoms with E-state index in [-0.39, 0.29) is 0 Å². The van der Waals surface area contributed by atoms with Crippen LogP contribution in [-0.2, 0) is 0 Å². The molecule has 0 radical (unpaired) electrons. The lowest BCUT2D eigenvalue weighted by Gasteiger charge is -2.12. The zero-order valence-corrected chi connectivity index (χ0v) is 83.2. The van der Waals surface area contributed by atoms with E-state index in [0.717, 1.165) is 76.9 Å². The molecular weight excluding hydrogens is 1380 g/mol. The Bertz CT molecular complexity index is 3130. The van der Waals surface area contributed by atoms with E-state index in [1.54, 1.807) is 89.2 Å². The average Bonchev–Trinajstić information content (AvgIpc) is 1.34. The molecule has 0 heteroatoms. The van der Waals surface area contributed by atoms with Crippen LogP contribution < -0.4 is 0 Å². The Labute approximate surface area is 722 Å². The summed E-state index contributed by atoms with van der Waals surface area (Å²) in [5, 5.41) is 0. The Balaban J connectivity index is 0.000000657. The van der Waals surface area contributed by atoms with Crippen LogP contribution in [0.4, 0.5) is 0 Å². The molecule has 0 fully saturated rings. The van der Waals surface area contributed by atoms with Gasteiger partial charge in [0.2, 0.25) is 0 Å². The Morgan fingerprint density at radius 3 is 1.23 bits per heavy atom. The van der Waals surface area contributed by atoms with Crippen LogP contribution >= 0.6 is 0 Å². The highest BCUT2D eigenvalue weighted by Gasteiger charge is 2.19. The van der Waals surface area contributed by atoms with Crippen molar-refractivity contribution in [3.05, 3.63) is 186 Å². The Morgan fingerprint density at radius 1 is 0.270 bits per heavy atom. The van der Waals surface area contributed by atoms with Gasteiger partial charge in [-0.3, -0.25) is 0 Å². The second-order valence-electron chi connectivity index (χ2n) is 42.5. The minimum Gasteiger partial charge on any atom is -0.0802 e. The maximum atomic E-state index is 2.43. The van der Waals surface area contributed by atoms with Gasteiger partial charge in [0.15, 0.2) is 0 Å². The van der Waals surface area contributed by atoms with Gasteiger partial charge in [0.25, 0.3) is 0 Å². The highest BCUT2D eigenvalue weighted by Crippen LogP contribution is 2.36. The first-order chi connectivity index (χ1) is 54.3. The first-order valence-corrected chi connectivity index (χ1v) is 49.4. The molecule has 658 valence electrons. The number of unbranched alkanes of at least 4 members (excludes halogenated alkanes) is 3. The second kappa shape index (κ2) is 63.8. The normalized spacial score (nSPS) is 16.3. The SMILES string of the molecule is CC(C)CCC1=CC=C(CC(C)C)C1.CC(C)CCC1=CCC(CC(C)C)=C1.CC(C)CCCC1=CC(C(C)C)=CC1.CC(C)CCCC1=CC=C(C(C)C)C1.CC(C)CCCC1=CCC(C(C)C)=C1.CC(C)CCCCC1=C(C(C)C)C=CC1.CC(C)CCCCC1=C(C(C)C)CC=C1.CC(C)CCCCC1=CCC=C1C(C)C. The van der Waals surface area contributed by atoms with Crippen molar-refractivity contribution in [2.45, 2.75) is 446 Å². The van der Waals surface area contributed by atoms with E-state index in [9.17, 15) is 0 Å². The third-order valence-corrected chi connectivity index (χ3v) is 23.9. The summed E-state index contributed by atoms with van der Waals surface area (Å²) in [6.45, 7) is 73.7. The molecule has 0 aliphatic heterocycles. The lowest BCUT2D eigenvalue weighted by Crippen LogP contribution is -1.96. The molecule has 0 N–H and O–H groups in total. The molecule has 0 spiro atoms. The molecule has 8 aliphatic rings. The number of hydrogen-bond donors (Lipinski definition) is 0. The monoisotopic (exact) mass is 1580 g/mol. The number of rotatable bonds is 43. The zero-order chi connectivity index (χ0) is 86.5. The van der Waals surface area contributed by atoms with E-state index in [1.807, 2.05) is 0 Å². The van der Waals surface area contributed by atoms with Gasteiger partial charge in [-0.1, -0.05) is 438 Å². The third kappa shape index (κ3) is 55.4. The van der Waals surface area contributed by atoms with Crippen LogP contribution in [0, 0.1) is 94.7 Å². The first-order valence-electron chi connectivity index (χ1n) is 49.4. The molecule has 0 heterocycles. The van der Waals surface area contributed by atoms with E-state index in [1.165, 1.54) is 225 Å². The van der Waals surface area contributed by atoms with Gasteiger partial charge in [0, 0.05) is 0 Å². The van der Waals surface area contributed by atoms with Gasteiger partial charge < -0.3 is 0 Å². The summed E-state index contributed by atoms with van der Waals surface area (Å²) in [6, 6.07) is 0. The van der Waals surface area contributed by atoms with E-state index in [2.05, 4.69) is 319 Å². The minimum absolute atomic E-state index is 0.706. The summed E-state index contributed by atoms with van der Waals surface area (Å²) < 4.78 is 0. The van der Waals surface area contributed by atoms with Crippen molar-refractivity contribution < 1.29 is 0 Å². The topological polar surface area (TPSA) is 0 Å². The summed E-state index contributed by atoms with van der Waals surface area (Å²) in [5.41, 5.74) is 26.0. The quantitative estimate of drug-likeness (QED) is 0.0534. The molecule has 8 aliphatic carbocycles. The Kier molecular flexibility index (Phi) is 60.4. The Morgan fingerprint density at radius 2 is 0.730 bits per heavy atom. The summed E-state index contributed by atoms with van der Waals surface area (Å²) in [4.78, 5) is 0. The van der Waals surface area contributed by atoms with E-state index >= 15 is 0 Å². The molecule has 0 unspecified atom stereocenters. The van der Waals surface area contributed by atoms with Crippen molar-refractivity contribution in [3.63, 3.8) is 0 Å². The summed E-state index contributed by atoms with van der Waals surface area (Å²) in [5.74, 6) is 12.8. The smallest absolute Gasteiger partial charge is 0.00996 e. The number of hydrogen-bond acceptors (Lipinski definition) is 0. The highest BCUT2D eigenvalue weighted by molar-refractivity contribution is 5.40. The van der Waals surface area contributed by atoms with Crippen molar-refractivity contribution in [2.24, 2.45) is 94.7 Å². The molecule has 0 aromatic heterocycles. The molecular formula is C115H198. The molecule has 8 rings (SSSR count). The van der Waals surface area contributed by atoms with Gasteiger partial charge in [0.1, 0.15) is 0 Å². The van der Waals surface area contributed by atoms with Gasteiger partial charge in [-0.15, -0.1) is 0 Å². The maximum absolute atomic E-state index is 2.43. The minimum atomic E-state index is 0.706. The van der Waals surface area contributed by atoms with Crippen LogP contribution in [0.3, 0.4) is 0 Å². The summed E-state index contributed by atoms with van der Waals surface area (Å²) in [7, 11) is 0. The van der Waals surface area contributed by atoms with Crippen LogP contribution in [0.15, 0.2) is 186 Å². The molecule has 0 saturated heterocycles. The van der Waals surface area contributed by atoms with Gasteiger partial charge >= 0.3 is 0 Å². The van der Waals surface area contributed by atoms with E-state index in [4.69, 9.17) is 0 Å². The predicted molar refractivity (Wildman–Crippen MR) is 528 cm³/mol. The van der Waals surface area contributed by atoms with Gasteiger partial charge in [-0.05, 0) is 289 Å². The lowest BCUT2D eigenvalue weighted by molar-refractivity contribution is 0.535. The average molecular weight is 1580 g/mol. The van der Waals surface area contributed by atoms with Crippen LogP contribution in [0.2, 0.25) is 0 Å². The molecule has 0 aromatic rings.